The molecule has 0 fully saturated rings. The van der Waals surface area contributed by atoms with Crippen molar-refractivity contribution in [2.45, 2.75) is 40.2 Å². The third-order valence-corrected chi connectivity index (χ3v) is 5.82. The van der Waals surface area contributed by atoms with Crippen molar-refractivity contribution in [2.24, 2.45) is 0 Å². The van der Waals surface area contributed by atoms with Gasteiger partial charge in [-0.25, -0.2) is 9.78 Å². The third-order valence-electron chi connectivity index (χ3n) is 4.63. The normalized spacial score (nSPS) is 12.3. The van der Waals surface area contributed by atoms with Crippen LogP contribution in [0.1, 0.15) is 52.9 Å². The van der Waals surface area contributed by atoms with Crippen LogP contribution in [0.25, 0.3) is 21.5 Å². The van der Waals surface area contributed by atoms with E-state index in [2.05, 4.69) is 29.5 Å². The lowest BCUT2D eigenvalue weighted by Crippen LogP contribution is -2.05. The summed E-state index contributed by atoms with van der Waals surface area (Å²) >= 11 is 1.16. The number of nitrogens with zero attached hydrogens (tertiary/aromatic N) is 3. The maximum atomic E-state index is 11.3. The molecule has 0 aliphatic rings. The number of carbonyl (C=O) groups is 1. The number of nitriles is 1. The van der Waals surface area contributed by atoms with Gasteiger partial charge in [-0.1, -0.05) is 6.92 Å². The number of hydrogen-bond donors (Lipinski definition) is 1. The monoisotopic (exact) mass is 353 g/mol. The van der Waals surface area contributed by atoms with Gasteiger partial charge in [0.25, 0.3) is 0 Å². The summed E-state index contributed by atoms with van der Waals surface area (Å²) in [6, 6.07) is 8.52. The summed E-state index contributed by atoms with van der Waals surface area (Å²) in [7, 11) is 0. The molecule has 1 atom stereocenters. The molecule has 0 saturated carbocycles. The van der Waals surface area contributed by atoms with Gasteiger partial charge in [-0.05, 0) is 45.4 Å². The van der Waals surface area contributed by atoms with Gasteiger partial charge in [0.05, 0.1) is 11.3 Å². The number of hydrogen-bond acceptors (Lipinski definition) is 4. The second kappa shape index (κ2) is 6.34. The number of thiazole rings is 1. The predicted molar refractivity (Wildman–Crippen MR) is 99.2 cm³/mol. The van der Waals surface area contributed by atoms with E-state index in [4.69, 9.17) is 0 Å². The van der Waals surface area contributed by atoms with Gasteiger partial charge < -0.3 is 9.67 Å². The first kappa shape index (κ1) is 17.2. The van der Waals surface area contributed by atoms with Gasteiger partial charge >= 0.3 is 5.97 Å². The largest absolute Gasteiger partial charge is 0.477 e. The summed E-state index contributed by atoms with van der Waals surface area (Å²) in [6.07, 6.45) is 0.977. The van der Waals surface area contributed by atoms with Crippen LogP contribution in [-0.4, -0.2) is 20.6 Å². The molecule has 0 aliphatic heterocycles. The molecule has 2 aromatic heterocycles. The van der Waals surface area contributed by atoms with Crippen LogP contribution in [0.4, 0.5) is 0 Å². The average Bonchev–Trinajstić information content (AvgIpc) is 3.10. The minimum atomic E-state index is -0.959. The first-order valence-corrected chi connectivity index (χ1v) is 8.96. The Kier molecular flexibility index (Phi) is 4.36. The highest BCUT2D eigenvalue weighted by Crippen LogP contribution is 2.35. The van der Waals surface area contributed by atoms with E-state index < -0.39 is 5.97 Å². The van der Waals surface area contributed by atoms with E-state index in [1.807, 2.05) is 25.1 Å². The zero-order chi connectivity index (χ0) is 18.3. The number of benzene rings is 1. The highest BCUT2D eigenvalue weighted by molar-refractivity contribution is 7.17. The fourth-order valence-electron chi connectivity index (χ4n) is 3.19. The second-order valence-electron chi connectivity index (χ2n) is 6.17. The molecular weight excluding hydrogens is 334 g/mol. The molecule has 0 amide bonds. The van der Waals surface area contributed by atoms with Gasteiger partial charge in [-0.3, -0.25) is 0 Å². The molecule has 1 N–H and O–H groups in total. The number of rotatable bonds is 4. The van der Waals surface area contributed by atoms with Crippen molar-refractivity contribution in [1.29, 1.82) is 5.26 Å². The molecule has 2 heterocycles. The van der Waals surface area contributed by atoms with E-state index >= 15 is 0 Å². The van der Waals surface area contributed by atoms with Crippen molar-refractivity contribution in [3.05, 3.63) is 40.0 Å². The SMILES string of the molecule is CCC(C)n1c(C)c(C#N)c2cc(-c3nc(C)c(C(=O)O)s3)ccc21. The lowest BCUT2D eigenvalue weighted by atomic mass is 10.1. The van der Waals surface area contributed by atoms with Crippen LogP contribution >= 0.6 is 11.3 Å². The Balaban J connectivity index is 2.23. The molecular formula is C19H19N3O2S. The summed E-state index contributed by atoms with van der Waals surface area (Å²) in [4.78, 5) is 15.9. The predicted octanol–water partition coefficient (Wildman–Crippen LogP) is 4.92. The molecule has 5 nitrogen and oxygen atoms in total. The zero-order valence-corrected chi connectivity index (χ0v) is 15.4. The number of carboxylic acid groups (broad SMARTS) is 1. The Hall–Kier alpha value is -2.65. The van der Waals surface area contributed by atoms with Crippen molar-refractivity contribution in [3.8, 4) is 16.6 Å². The number of fused-ring (bicyclic) bond motifs is 1. The average molecular weight is 353 g/mol. The summed E-state index contributed by atoms with van der Waals surface area (Å²) in [5.74, 6) is -0.959. The van der Waals surface area contributed by atoms with Crippen LogP contribution in [0, 0.1) is 25.2 Å². The Morgan fingerprint density at radius 2 is 2.16 bits per heavy atom. The molecule has 0 aliphatic carbocycles. The topological polar surface area (TPSA) is 78.9 Å². The molecule has 25 heavy (non-hydrogen) atoms. The maximum Gasteiger partial charge on any atom is 0.347 e. The fourth-order valence-corrected chi connectivity index (χ4v) is 4.09. The highest BCUT2D eigenvalue weighted by Gasteiger charge is 2.19. The molecule has 1 unspecified atom stereocenters. The van der Waals surface area contributed by atoms with Crippen LogP contribution in [0.3, 0.4) is 0 Å². The van der Waals surface area contributed by atoms with Gasteiger partial charge in [0.15, 0.2) is 0 Å². The van der Waals surface area contributed by atoms with Gasteiger partial charge in [0, 0.05) is 28.2 Å². The van der Waals surface area contributed by atoms with Crippen molar-refractivity contribution < 1.29 is 9.90 Å². The van der Waals surface area contributed by atoms with E-state index in [1.165, 1.54) is 0 Å². The Morgan fingerprint density at radius 1 is 1.44 bits per heavy atom. The zero-order valence-electron chi connectivity index (χ0n) is 14.6. The molecule has 1 aromatic carbocycles. The first-order chi connectivity index (χ1) is 11.9. The van der Waals surface area contributed by atoms with Crippen molar-refractivity contribution in [2.75, 3.05) is 0 Å². The van der Waals surface area contributed by atoms with E-state index in [1.54, 1.807) is 6.92 Å². The van der Waals surface area contributed by atoms with Gasteiger partial charge in [-0.2, -0.15) is 5.26 Å². The fraction of sp³-hybridized carbons (Fsp3) is 0.316. The first-order valence-electron chi connectivity index (χ1n) is 8.14. The van der Waals surface area contributed by atoms with E-state index in [9.17, 15) is 15.2 Å². The molecule has 3 rings (SSSR count). The molecule has 128 valence electrons. The molecule has 0 saturated heterocycles. The number of carboxylic acids is 1. The lowest BCUT2D eigenvalue weighted by molar-refractivity contribution is 0.0701. The number of aryl methyl sites for hydroxylation is 1. The molecule has 3 aromatic rings. The van der Waals surface area contributed by atoms with Crippen molar-refractivity contribution >= 4 is 28.2 Å². The lowest BCUT2D eigenvalue weighted by Gasteiger charge is -2.15. The minimum Gasteiger partial charge on any atom is -0.477 e. The molecule has 0 radical (unpaired) electrons. The Labute approximate surface area is 150 Å². The van der Waals surface area contributed by atoms with E-state index in [0.717, 1.165) is 39.9 Å². The van der Waals surface area contributed by atoms with Crippen LogP contribution in [0.2, 0.25) is 0 Å². The van der Waals surface area contributed by atoms with Gasteiger partial charge in [0.2, 0.25) is 0 Å². The number of aromatic carboxylic acids is 1. The van der Waals surface area contributed by atoms with Crippen molar-refractivity contribution in [3.63, 3.8) is 0 Å². The summed E-state index contributed by atoms with van der Waals surface area (Å²) in [5.41, 5.74) is 4.01. The van der Waals surface area contributed by atoms with Gasteiger partial charge in [0.1, 0.15) is 16.0 Å². The summed E-state index contributed by atoms with van der Waals surface area (Å²) < 4.78 is 2.20. The highest BCUT2D eigenvalue weighted by atomic mass is 32.1. The molecule has 0 spiro atoms. The summed E-state index contributed by atoms with van der Waals surface area (Å²) in [5, 5.41) is 20.4. The summed E-state index contributed by atoms with van der Waals surface area (Å²) in [6.45, 7) is 7.94. The number of aromatic nitrogens is 2. The van der Waals surface area contributed by atoms with Crippen LogP contribution in [0.15, 0.2) is 18.2 Å². The van der Waals surface area contributed by atoms with Crippen LogP contribution in [-0.2, 0) is 0 Å². The smallest absolute Gasteiger partial charge is 0.347 e. The van der Waals surface area contributed by atoms with E-state index in [-0.39, 0.29) is 4.88 Å². The third kappa shape index (κ3) is 2.71. The minimum absolute atomic E-state index is 0.254. The standard InChI is InChI=1S/C19H19N3O2S/c1-5-10(2)22-12(4)15(9-20)14-8-13(6-7-16(14)22)18-21-11(3)17(25-18)19(23)24/h6-8,10H,5H2,1-4H3,(H,23,24). The molecule has 0 bridgehead atoms. The molecule has 6 heteroatoms. The Morgan fingerprint density at radius 3 is 2.72 bits per heavy atom. The van der Waals surface area contributed by atoms with Crippen LogP contribution < -0.4 is 0 Å². The van der Waals surface area contributed by atoms with E-state index in [0.29, 0.717) is 22.3 Å². The van der Waals surface area contributed by atoms with Gasteiger partial charge in [-0.15, -0.1) is 11.3 Å². The Bertz CT molecular complexity index is 1020. The quantitative estimate of drug-likeness (QED) is 0.722. The maximum absolute atomic E-state index is 11.3. The van der Waals surface area contributed by atoms with Crippen LogP contribution in [0.5, 0.6) is 0 Å². The second-order valence-corrected chi connectivity index (χ2v) is 7.17. The van der Waals surface area contributed by atoms with Crippen molar-refractivity contribution in [1.82, 2.24) is 9.55 Å².